The van der Waals surface area contributed by atoms with Gasteiger partial charge in [0.25, 0.3) is 11.4 Å². The average Bonchev–Trinajstić information content (AvgIpc) is 2.74. The van der Waals surface area contributed by atoms with Gasteiger partial charge in [-0.25, -0.2) is 4.79 Å². The zero-order chi connectivity index (χ0) is 20.8. The summed E-state index contributed by atoms with van der Waals surface area (Å²) in [5, 5.41) is 22.1. The van der Waals surface area contributed by atoms with Crippen molar-refractivity contribution in [2.24, 2.45) is 0 Å². The minimum absolute atomic E-state index is 0.242. The van der Waals surface area contributed by atoms with Gasteiger partial charge in [-0.05, 0) is 5.56 Å². The van der Waals surface area contributed by atoms with E-state index in [1.807, 2.05) is 30.3 Å². The first kappa shape index (κ1) is 20.4. The summed E-state index contributed by atoms with van der Waals surface area (Å²) in [4.78, 5) is 35.4. The molecule has 1 heterocycles. The number of nitrogens with zero attached hydrogens (tertiary/aromatic N) is 3. The first-order chi connectivity index (χ1) is 13.9. The Morgan fingerprint density at radius 2 is 1.62 bits per heavy atom. The number of nitro benzene ring substituents is 2. The highest BCUT2D eigenvalue weighted by Crippen LogP contribution is 2.26. The normalized spacial score (nSPS) is 15.4. The van der Waals surface area contributed by atoms with Crippen LogP contribution < -0.4 is 0 Å². The number of morpholine rings is 1. The molecule has 1 aliphatic rings. The van der Waals surface area contributed by atoms with E-state index in [1.54, 1.807) is 0 Å². The molecule has 10 nitrogen and oxygen atoms in total. The average molecular weight is 401 g/mol. The van der Waals surface area contributed by atoms with Crippen molar-refractivity contribution in [1.82, 2.24) is 4.90 Å². The second-order valence-corrected chi connectivity index (χ2v) is 6.47. The van der Waals surface area contributed by atoms with Gasteiger partial charge in [0.05, 0.1) is 34.7 Å². The third kappa shape index (κ3) is 5.33. The molecule has 0 saturated carbocycles. The number of hydrogen-bond donors (Lipinski definition) is 0. The molecular formula is C19H19N3O7. The van der Waals surface area contributed by atoms with E-state index < -0.39 is 33.3 Å². The second-order valence-electron chi connectivity index (χ2n) is 6.47. The van der Waals surface area contributed by atoms with Crippen molar-refractivity contribution in [3.05, 3.63) is 79.9 Å². The summed E-state index contributed by atoms with van der Waals surface area (Å²) < 4.78 is 11.0. The third-order valence-corrected chi connectivity index (χ3v) is 4.51. The van der Waals surface area contributed by atoms with Crippen molar-refractivity contribution in [2.45, 2.75) is 6.10 Å². The van der Waals surface area contributed by atoms with Crippen LogP contribution in [0.4, 0.5) is 11.4 Å². The topological polar surface area (TPSA) is 125 Å². The maximum absolute atomic E-state index is 12.7. The summed E-state index contributed by atoms with van der Waals surface area (Å²) in [5.74, 6) is -0.862. The van der Waals surface area contributed by atoms with Crippen LogP contribution in [0, 0.1) is 20.2 Å². The third-order valence-electron chi connectivity index (χ3n) is 4.51. The number of esters is 1. The lowest BCUT2D eigenvalue weighted by Gasteiger charge is -2.30. The van der Waals surface area contributed by atoms with Crippen LogP contribution in [0.3, 0.4) is 0 Å². The molecule has 152 valence electrons. The highest BCUT2D eigenvalue weighted by atomic mass is 16.6. The number of carbonyl (C=O) groups excluding carboxylic acids is 1. The Bertz CT molecular complexity index is 866. The number of carbonyl (C=O) groups is 1. The second kappa shape index (κ2) is 9.22. The highest BCUT2D eigenvalue weighted by Gasteiger charge is 2.25. The molecule has 2 aromatic carbocycles. The quantitative estimate of drug-likeness (QED) is 0.394. The molecule has 0 spiro atoms. The molecule has 29 heavy (non-hydrogen) atoms. The van der Waals surface area contributed by atoms with Crippen molar-refractivity contribution in [3.63, 3.8) is 0 Å². The number of non-ortho nitro benzene ring substituents is 2. The van der Waals surface area contributed by atoms with Crippen LogP contribution >= 0.6 is 0 Å². The molecule has 10 heteroatoms. The molecule has 1 atom stereocenters. The van der Waals surface area contributed by atoms with Crippen molar-refractivity contribution in [2.75, 3.05) is 32.8 Å². The molecule has 0 bridgehead atoms. The van der Waals surface area contributed by atoms with E-state index in [9.17, 15) is 25.0 Å². The summed E-state index contributed by atoms with van der Waals surface area (Å²) in [6.45, 7) is 2.93. The Morgan fingerprint density at radius 3 is 2.17 bits per heavy atom. The van der Waals surface area contributed by atoms with Crippen LogP contribution in [0.25, 0.3) is 0 Å². The fourth-order valence-corrected chi connectivity index (χ4v) is 3.02. The number of hydrogen-bond acceptors (Lipinski definition) is 8. The zero-order valence-electron chi connectivity index (χ0n) is 15.4. The lowest BCUT2D eigenvalue weighted by atomic mass is 10.1. The molecule has 1 saturated heterocycles. The lowest BCUT2D eigenvalue weighted by molar-refractivity contribution is -0.394. The van der Waals surface area contributed by atoms with E-state index in [4.69, 9.17) is 9.47 Å². The molecule has 0 aliphatic carbocycles. The molecule has 1 unspecified atom stereocenters. The van der Waals surface area contributed by atoms with Gasteiger partial charge in [-0.15, -0.1) is 0 Å². The minimum atomic E-state index is -0.862. The number of ether oxygens (including phenoxy) is 2. The van der Waals surface area contributed by atoms with Gasteiger partial charge in [0.1, 0.15) is 6.10 Å². The van der Waals surface area contributed by atoms with Crippen molar-refractivity contribution >= 4 is 17.3 Å². The van der Waals surface area contributed by atoms with E-state index >= 15 is 0 Å². The maximum atomic E-state index is 12.7. The maximum Gasteiger partial charge on any atom is 0.339 e. The molecule has 1 aliphatic heterocycles. The fraction of sp³-hybridized carbons (Fsp3) is 0.316. The number of nitro groups is 2. The SMILES string of the molecule is O=C(OC(CN1CCOCC1)c1ccccc1)c1cc([N+](=O)[O-])cc([N+](=O)[O-])c1. The molecule has 0 amide bonds. The minimum Gasteiger partial charge on any atom is -0.453 e. The Labute approximate surface area is 165 Å². The molecule has 1 fully saturated rings. The first-order valence-electron chi connectivity index (χ1n) is 8.94. The van der Waals surface area contributed by atoms with E-state index in [2.05, 4.69) is 4.90 Å². The standard InChI is InChI=1S/C19H19N3O7/c23-19(15-10-16(21(24)25)12-17(11-15)22(26)27)29-18(14-4-2-1-3-5-14)13-20-6-8-28-9-7-20/h1-5,10-12,18H,6-9,13H2. The van der Waals surface area contributed by atoms with Crippen LogP contribution in [-0.4, -0.2) is 53.6 Å². The van der Waals surface area contributed by atoms with Crippen LogP contribution in [-0.2, 0) is 9.47 Å². The van der Waals surface area contributed by atoms with Gasteiger partial charge < -0.3 is 9.47 Å². The van der Waals surface area contributed by atoms with E-state index in [1.165, 1.54) is 0 Å². The largest absolute Gasteiger partial charge is 0.453 e. The molecule has 0 radical (unpaired) electrons. The van der Waals surface area contributed by atoms with Crippen molar-refractivity contribution in [3.8, 4) is 0 Å². The molecular weight excluding hydrogens is 382 g/mol. The van der Waals surface area contributed by atoms with Crippen LogP contribution in [0.2, 0.25) is 0 Å². The summed E-state index contributed by atoms with van der Waals surface area (Å²) in [7, 11) is 0. The van der Waals surface area contributed by atoms with Crippen LogP contribution in [0.1, 0.15) is 22.0 Å². The van der Waals surface area contributed by atoms with Crippen LogP contribution in [0.5, 0.6) is 0 Å². The smallest absolute Gasteiger partial charge is 0.339 e. The molecule has 0 N–H and O–H groups in total. The number of benzene rings is 2. The van der Waals surface area contributed by atoms with Gasteiger partial charge in [-0.3, -0.25) is 25.1 Å². The Hall–Kier alpha value is -3.37. The van der Waals surface area contributed by atoms with E-state index in [-0.39, 0.29) is 5.56 Å². The zero-order valence-corrected chi connectivity index (χ0v) is 15.4. The van der Waals surface area contributed by atoms with Crippen molar-refractivity contribution in [1.29, 1.82) is 0 Å². The van der Waals surface area contributed by atoms with Gasteiger partial charge in [0, 0.05) is 31.8 Å². The van der Waals surface area contributed by atoms with Gasteiger partial charge in [-0.2, -0.15) is 0 Å². The highest BCUT2D eigenvalue weighted by molar-refractivity contribution is 5.91. The van der Waals surface area contributed by atoms with Gasteiger partial charge in [0.2, 0.25) is 0 Å². The summed E-state index contributed by atoms with van der Waals surface area (Å²) in [6, 6.07) is 11.8. The Balaban J connectivity index is 1.85. The first-order valence-corrected chi connectivity index (χ1v) is 8.94. The molecule has 2 aromatic rings. The van der Waals surface area contributed by atoms with Gasteiger partial charge >= 0.3 is 5.97 Å². The Kier molecular flexibility index (Phi) is 6.47. The fourth-order valence-electron chi connectivity index (χ4n) is 3.02. The van der Waals surface area contributed by atoms with Crippen LogP contribution in [0.15, 0.2) is 48.5 Å². The predicted molar refractivity (Wildman–Crippen MR) is 102 cm³/mol. The Morgan fingerprint density at radius 1 is 1.03 bits per heavy atom. The van der Waals surface area contributed by atoms with E-state index in [0.29, 0.717) is 32.8 Å². The van der Waals surface area contributed by atoms with Crippen molar-refractivity contribution < 1.29 is 24.1 Å². The predicted octanol–water partition coefficient (Wildman–Crippen LogP) is 2.73. The number of rotatable bonds is 7. The monoisotopic (exact) mass is 401 g/mol. The summed E-state index contributed by atoms with van der Waals surface area (Å²) in [5.41, 5.74) is -0.577. The van der Waals surface area contributed by atoms with Gasteiger partial charge in [0.15, 0.2) is 0 Å². The lowest BCUT2D eigenvalue weighted by Crippen LogP contribution is -2.39. The van der Waals surface area contributed by atoms with E-state index in [0.717, 1.165) is 23.8 Å². The molecule has 3 rings (SSSR count). The summed E-state index contributed by atoms with van der Waals surface area (Å²) in [6.07, 6.45) is -0.639. The van der Waals surface area contributed by atoms with Gasteiger partial charge in [-0.1, -0.05) is 30.3 Å². The molecule has 0 aromatic heterocycles. The summed E-state index contributed by atoms with van der Waals surface area (Å²) >= 11 is 0.